The van der Waals surface area contributed by atoms with Crippen molar-refractivity contribution < 1.29 is 9.53 Å². The highest BCUT2D eigenvalue weighted by molar-refractivity contribution is 5.85. The summed E-state index contributed by atoms with van der Waals surface area (Å²) in [6.07, 6.45) is 2.49. The molecular weight excluding hydrogens is 262 g/mol. The lowest BCUT2D eigenvalue weighted by Gasteiger charge is -2.35. The number of esters is 1. The van der Waals surface area contributed by atoms with Crippen molar-refractivity contribution in [3.8, 4) is 0 Å². The Balaban J connectivity index is 0.00000180. The molecule has 1 aliphatic heterocycles. The van der Waals surface area contributed by atoms with Gasteiger partial charge in [0.2, 0.25) is 0 Å². The fourth-order valence-electron chi connectivity index (χ4n) is 2.79. The third-order valence-corrected chi connectivity index (χ3v) is 3.80. The van der Waals surface area contributed by atoms with Gasteiger partial charge in [0.25, 0.3) is 0 Å². The van der Waals surface area contributed by atoms with Gasteiger partial charge in [0.15, 0.2) is 0 Å². The third kappa shape index (κ3) is 3.71. The minimum atomic E-state index is -0.339. The normalized spacial score (nSPS) is 17.4. The predicted octanol–water partition coefficient (Wildman–Crippen LogP) is 2.50. The molecule has 3 nitrogen and oxygen atoms in total. The van der Waals surface area contributed by atoms with E-state index in [9.17, 15) is 4.79 Å². The molecule has 19 heavy (non-hydrogen) atoms. The van der Waals surface area contributed by atoms with E-state index in [4.69, 9.17) is 4.74 Å². The van der Waals surface area contributed by atoms with Crippen LogP contribution in [0.1, 0.15) is 24.0 Å². The van der Waals surface area contributed by atoms with Gasteiger partial charge in [-0.15, -0.1) is 12.4 Å². The smallest absolute Gasteiger partial charge is 0.312 e. The Morgan fingerprint density at radius 2 is 2.05 bits per heavy atom. The van der Waals surface area contributed by atoms with Gasteiger partial charge in [-0.25, -0.2) is 0 Å². The minimum Gasteiger partial charge on any atom is -0.469 e. The number of benzene rings is 1. The van der Waals surface area contributed by atoms with Gasteiger partial charge >= 0.3 is 5.97 Å². The van der Waals surface area contributed by atoms with Crippen LogP contribution in [0.15, 0.2) is 24.3 Å². The molecule has 0 bridgehead atoms. The zero-order valence-corrected chi connectivity index (χ0v) is 12.4. The van der Waals surface area contributed by atoms with Crippen LogP contribution < -0.4 is 5.32 Å². The molecule has 106 valence electrons. The van der Waals surface area contributed by atoms with Crippen molar-refractivity contribution in [2.45, 2.75) is 26.2 Å². The van der Waals surface area contributed by atoms with Gasteiger partial charge in [0.1, 0.15) is 0 Å². The Morgan fingerprint density at radius 1 is 1.37 bits per heavy atom. The number of halogens is 1. The lowest BCUT2D eigenvalue weighted by atomic mass is 9.74. The number of hydrogen-bond acceptors (Lipinski definition) is 3. The number of carbonyl (C=O) groups is 1. The van der Waals surface area contributed by atoms with Crippen LogP contribution in [0.25, 0.3) is 0 Å². The van der Waals surface area contributed by atoms with E-state index >= 15 is 0 Å². The Hall–Kier alpha value is -1.06. The maximum Gasteiger partial charge on any atom is 0.312 e. The molecule has 0 aromatic heterocycles. The average molecular weight is 284 g/mol. The number of rotatable bonds is 3. The van der Waals surface area contributed by atoms with Gasteiger partial charge < -0.3 is 10.1 Å². The van der Waals surface area contributed by atoms with Gasteiger partial charge in [-0.1, -0.05) is 29.8 Å². The van der Waals surface area contributed by atoms with Crippen molar-refractivity contribution >= 4 is 18.4 Å². The van der Waals surface area contributed by atoms with Crippen LogP contribution in [0.4, 0.5) is 0 Å². The highest BCUT2D eigenvalue weighted by Crippen LogP contribution is 2.34. The number of carbonyl (C=O) groups excluding carboxylic acids is 1. The fraction of sp³-hybridized carbons (Fsp3) is 0.533. The summed E-state index contributed by atoms with van der Waals surface area (Å²) in [6, 6.07) is 8.39. The SMILES string of the molecule is COC(=O)C1(Cc2cccc(C)c2)CCNCC1.Cl. The molecule has 0 spiro atoms. The van der Waals surface area contributed by atoms with Crippen molar-refractivity contribution in [1.82, 2.24) is 5.32 Å². The molecule has 1 aromatic carbocycles. The van der Waals surface area contributed by atoms with Crippen LogP contribution >= 0.6 is 12.4 Å². The zero-order chi connectivity index (χ0) is 13.0. The minimum absolute atomic E-state index is 0. The lowest BCUT2D eigenvalue weighted by molar-refractivity contribution is -0.154. The van der Waals surface area contributed by atoms with Gasteiger partial charge in [-0.2, -0.15) is 0 Å². The van der Waals surface area contributed by atoms with Gasteiger partial charge in [-0.3, -0.25) is 4.79 Å². The zero-order valence-electron chi connectivity index (χ0n) is 11.6. The number of methoxy groups -OCH3 is 1. The van der Waals surface area contributed by atoms with Crippen molar-refractivity contribution in [3.05, 3.63) is 35.4 Å². The van der Waals surface area contributed by atoms with Gasteiger partial charge in [-0.05, 0) is 44.8 Å². The van der Waals surface area contributed by atoms with Crippen molar-refractivity contribution in [3.63, 3.8) is 0 Å². The van der Waals surface area contributed by atoms with E-state index in [0.29, 0.717) is 0 Å². The summed E-state index contributed by atoms with van der Waals surface area (Å²) in [7, 11) is 1.49. The summed E-state index contributed by atoms with van der Waals surface area (Å²) in [5.74, 6) is -0.0643. The summed E-state index contributed by atoms with van der Waals surface area (Å²) in [5, 5.41) is 3.31. The standard InChI is InChI=1S/C15H21NO2.ClH/c1-12-4-3-5-13(10-12)11-15(14(17)18-2)6-8-16-9-7-15;/h3-5,10,16H,6-9,11H2,1-2H3;1H. The number of ether oxygens (including phenoxy) is 1. The Bertz CT molecular complexity index is 428. The molecule has 1 saturated heterocycles. The summed E-state index contributed by atoms with van der Waals surface area (Å²) in [4.78, 5) is 12.1. The molecule has 4 heteroatoms. The Morgan fingerprint density at radius 3 is 2.63 bits per heavy atom. The second kappa shape index (κ2) is 6.92. The lowest BCUT2D eigenvalue weighted by Crippen LogP contribution is -2.44. The van der Waals surface area contributed by atoms with E-state index in [1.165, 1.54) is 18.2 Å². The second-order valence-electron chi connectivity index (χ2n) is 5.19. The largest absolute Gasteiger partial charge is 0.469 e. The first-order chi connectivity index (χ1) is 8.66. The maximum atomic E-state index is 12.1. The summed E-state index contributed by atoms with van der Waals surface area (Å²) >= 11 is 0. The van der Waals surface area contributed by atoms with E-state index < -0.39 is 0 Å². The average Bonchev–Trinajstić information content (AvgIpc) is 2.39. The fourth-order valence-corrected chi connectivity index (χ4v) is 2.79. The Labute approximate surface area is 121 Å². The van der Waals surface area contributed by atoms with Gasteiger partial charge in [0, 0.05) is 0 Å². The van der Waals surface area contributed by atoms with Crippen LogP contribution in [-0.2, 0) is 16.0 Å². The molecule has 1 fully saturated rings. The van der Waals surface area contributed by atoms with Crippen LogP contribution in [0, 0.1) is 12.3 Å². The number of piperidine rings is 1. The first kappa shape index (κ1) is 16.0. The first-order valence-corrected chi connectivity index (χ1v) is 6.51. The van der Waals surface area contributed by atoms with E-state index in [0.717, 1.165) is 32.4 Å². The molecule has 0 aliphatic carbocycles. The summed E-state index contributed by atoms with van der Waals surface area (Å²) in [5.41, 5.74) is 2.12. The van der Waals surface area contributed by atoms with E-state index in [-0.39, 0.29) is 23.8 Å². The number of nitrogens with one attached hydrogen (secondary N) is 1. The van der Waals surface area contributed by atoms with Crippen molar-refractivity contribution in [2.75, 3.05) is 20.2 Å². The summed E-state index contributed by atoms with van der Waals surface area (Å²) < 4.78 is 5.03. The van der Waals surface area contributed by atoms with Crippen LogP contribution in [-0.4, -0.2) is 26.2 Å². The van der Waals surface area contributed by atoms with Crippen LogP contribution in [0.3, 0.4) is 0 Å². The highest BCUT2D eigenvalue weighted by Gasteiger charge is 2.40. The van der Waals surface area contributed by atoms with Crippen molar-refractivity contribution in [2.24, 2.45) is 5.41 Å². The molecule has 0 atom stereocenters. The number of hydrogen-bond donors (Lipinski definition) is 1. The molecule has 0 radical (unpaired) electrons. The molecule has 0 saturated carbocycles. The molecule has 2 rings (SSSR count). The predicted molar refractivity (Wildman–Crippen MR) is 78.7 cm³/mol. The van der Waals surface area contributed by atoms with Crippen LogP contribution in [0.5, 0.6) is 0 Å². The Kier molecular flexibility index (Phi) is 5.83. The van der Waals surface area contributed by atoms with Crippen LogP contribution in [0.2, 0.25) is 0 Å². The monoisotopic (exact) mass is 283 g/mol. The highest BCUT2D eigenvalue weighted by atomic mass is 35.5. The molecule has 1 aliphatic rings. The second-order valence-corrected chi connectivity index (χ2v) is 5.19. The van der Waals surface area contributed by atoms with Crippen molar-refractivity contribution in [1.29, 1.82) is 0 Å². The first-order valence-electron chi connectivity index (χ1n) is 6.51. The topological polar surface area (TPSA) is 38.3 Å². The van der Waals surface area contributed by atoms with Gasteiger partial charge in [0.05, 0.1) is 12.5 Å². The van der Waals surface area contributed by atoms with E-state index in [2.05, 4.69) is 36.5 Å². The molecule has 1 aromatic rings. The van der Waals surface area contributed by atoms with E-state index in [1.54, 1.807) is 0 Å². The molecule has 0 amide bonds. The molecule has 0 unspecified atom stereocenters. The molecular formula is C15H22ClNO2. The maximum absolute atomic E-state index is 12.1. The summed E-state index contributed by atoms with van der Waals surface area (Å²) in [6.45, 7) is 3.86. The third-order valence-electron chi connectivity index (χ3n) is 3.80. The molecule has 1 heterocycles. The van der Waals surface area contributed by atoms with E-state index in [1.807, 2.05) is 0 Å². The number of aryl methyl sites for hydroxylation is 1. The molecule has 1 N–H and O–H groups in total. The quantitative estimate of drug-likeness (QED) is 0.866.